The topological polar surface area (TPSA) is 16.1 Å². The lowest BCUT2D eigenvalue weighted by molar-refractivity contribution is 0.111. The lowest BCUT2D eigenvalue weighted by Crippen LogP contribution is -2.42. The van der Waals surface area contributed by atoms with Gasteiger partial charge in [-0.15, -0.1) is 0 Å². The summed E-state index contributed by atoms with van der Waals surface area (Å²) in [5.41, 5.74) is 1.50. The Kier molecular flexibility index (Phi) is 4.48. The average molecular weight is 220 g/mol. The van der Waals surface area contributed by atoms with Crippen LogP contribution in [0.25, 0.3) is 0 Å². The summed E-state index contributed by atoms with van der Waals surface area (Å²) >= 11 is 0. The summed E-state index contributed by atoms with van der Waals surface area (Å²) in [6.45, 7) is 13.4. The maximum atomic E-state index is 4.17. The summed E-state index contributed by atoms with van der Waals surface area (Å²) in [7, 11) is 0. The maximum absolute atomic E-state index is 4.17. The van der Waals surface area contributed by atoms with Gasteiger partial charge < -0.3 is 0 Å². The fraction of sp³-hybridized carbons (Fsp3) is 0.643. The molecule has 0 bridgehead atoms. The van der Waals surface area contributed by atoms with E-state index in [0.29, 0.717) is 5.92 Å². The molecule has 0 aliphatic carbocycles. The molecule has 1 heterocycles. The molecule has 2 nitrogen and oxygen atoms in total. The minimum Gasteiger partial charge on any atom is -0.294 e. The van der Waals surface area contributed by atoms with E-state index >= 15 is 0 Å². The zero-order chi connectivity index (χ0) is 12.2. The van der Waals surface area contributed by atoms with Crippen molar-refractivity contribution in [2.24, 2.45) is 5.92 Å². The van der Waals surface area contributed by atoms with Crippen LogP contribution in [-0.2, 0) is 6.54 Å². The molecule has 0 aromatic carbocycles. The van der Waals surface area contributed by atoms with Crippen LogP contribution < -0.4 is 0 Å². The van der Waals surface area contributed by atoms with Crippen molar-refractivity contribution in [3.63, 3.8) is 0 Å². The Morgan fingerprint density at radius 1 is 1.31 bits per heavy atom. The van der Waals surface area contributed by atoms with Crippen molar-refractivity contribution in [3.8, 4) is 0 Å². The molecular formula is C14H24N2. The number of hydrogen-bond donors (Lipinski definition) is 0. The quantitative estimate of drug-likeness (QED) is 0.773. The molecule has 0 fully saturated rings. The second-order valence-corrected chi connectivity index (χ2v) is 5.81. The lowest BCUT2D eigenvalue weighted by atomic mass is 10.0. The molecule has 1 rings (SSSR count). The molecule has 0 amide bonds. The standard InChI is InChI=1S/C14H24N2/c1-12(2)10-16(14(3,4)5)11-13-7-6-8-15-9-13/h6-9,12H,10-11H2,1-5H3. The molecule has 0 aliphatic heterocycles. The highest BCUT2D eigenvalue weighted by molar-refractivity contribution is 5.08. The predicted molar refractivity (Wildman–Crippen MR) is 69.2 cm³/mol. The molecule has 90 valence electrons. The van der Waals surface area contributed by atoms with Gasteiger partial charge in [0.2, 0.25) is 0 Å². The van der Waals surface area contributed by atoms with Crippen LogP contribution in [-0.4, -0.2) is 22.0 Å². The Morgan fingerprint density at radius 2 is 2.00 bits per heavy atom. The summed E-state index contributed by atoms with van der Waals surface area (Å²) in [6.07, 6.45) is 3.78. The Morgan fingerprint density at radius 3 is 2.44 bits per heavy atom. The minimum atomic E-state index is 0.208. The molecule has 0 spiro atoms. The SMILES string of the molecule is CC(C)CN(Cc1cccnc1)C(C)(C)C. The molecule has 0 unspecified atom stereocenters. The van der Waals surface area contributed by atoms with Gasteiger partial charge in [0.15, 0.2) is 0 Å². The van der Waals surface area contributed by atoms with E-state index < -0.39 is 0 Å². The zero-order valence-corrected chi connectivity index (χ0v) is 11.2. The minimum absolute atomic E-state index is 0.208. The number of hydrogen-bond acceptors (Lipinski definition) is 2. The van der Waals surface area contributed by atoms with Gasteiger partial charge in [0.1, 0.15) is 0 Å². The van der Waals surface area contributed by atoms with Crippen molar-refractivity contribution in [3.05, 3.63) is 30.1 Å². The third kappa shape index (κ3) is 4.31. The van der Waals surface area contributed by atoms with Crippen LogP contribution in [0, 0.1) is 5.92 Å². The highest BCUT2D eigenvalue weighted by Crippen LogP contribution is 2.18. The second-order valence-electron chi connectivity index (χ2n) is 5.81. The zero-order valence-electron chi connectivity index (χ0n) is 11.2. The molecule has 1 aromatic heterocycles. The fourth-order valence-electron chi connectivity index (χ4n) is 1.73. The van der Waals surface area contributed by atoms with Crippen molar-refractivity contribution >= 4 is 0 Å². The Balaban J connectivity index is 2.72. The van der Waals surface area contributed by atoms with E-state index in [2.05, 4.69) is 50.6 Å². The van der Waals surface area contributed by atoms with Crippen LogP contribution in [0.5, 0.6) is 0 Å². The van der Waals surface area contributed by atoms with Crippen molar-refractivity contribution in [1.29, 1.82) is 0 Å². The third-order valence-electron chi connectivity index (χ3n) is 2.63. The van der Waals surface area contributed by atoms with Crippen LogP contribution in [0.1, 0.15) is 40.2 Å². The van der Waals surface area contributed by atoms with E-state index in [4.69, 9.17) is 0 Å². The van der Waals surface area contributed by atoms with E-state index in [1.807, 2.05) is 18.5 Å². The normalized spacial score (nSPS) is 12.4. The highest BCUT2D eigenvalue weighted by Gasteiger charge is 2.21. The molecule has 0 saturated heterocycles. The molecule has 0 atom stereocenters. The van der Waals surface area contributed by atoms with Gasteiger partial charge in [-0.05, 0) is 38.3 Å². The van der Waals surface area contributed by atoms with Gasteiger partial charge in [0.05, 0.1) is 0 Å². The van der Waals surface area contributed by atoms with E-state index in [1.54, 1.807) is 0 Å². The number of aromatic nitrogens is 1. The summed E-state index contributed by atoms with van der Waals surface area (Å²) in [5, 5.41) is 0. The molecule has 16 heavy (non-hydrogen) atoms. The van der Waals surface area contributed by atoms with Crippen LogP contribution in [0.15, 0.2) is 24.5 Å². The summed E-state index contributed by atoms with van der Waals surface area (Å²) in [5.74, 6) is 0.691. The van der Waals surface area contributed by atoms with Crippen LogP contribution in [0.4, 0.5) is 0 Å². The number of nitrogens with zero attached hydrogens (tertiary/aromatic N) is 2. The van der Waals surface area contributed by atoms with Crippen LogP contribution in [0.2, 0.25) is 0 Å². The van der Waals surface area contributed by atoms with Gasteiger partial charge >= 0.3 is 0 Å². The monoisotopic (exact) mass is 220 g/mol. The molecular weight excluding hydrogens is 196 g/mol. The third-order valence-corrected chi connectivity index (χ3v) is 2.63. The summed E-state index contributed by atoms with van der Waals surface area (Å²) in [6, 6.07) is 4.15. The largest absolute Gasteiger partial charge is 0.294 e. The lowest BCUT2D eigenvalue weighted by Gasteiger charge is -2.37. The van der Waals surface area contributed by atoms with E-state index in [9.17, 15) is 0 Å². The van der Waals surface area contributed by atoms with Crippen molar-refractivity contribution < 1.29 is 0 Å². The highest BCUT2D eigenvalue weighted by atomic mass is 15.2. The van der Waals surface area contributed by atoms with Crippen molar-refractivity contribution in [1.82, 2.24) is 9.88 Å². The first-order valence-electron chi connectivity index (χ1n) is 6.03. The van der Waals surface area contributed by atoms with Gasteiger partial charge in [0.25, 0.3) is 0 Å². The van der Waals surface area contributed by atoms with Crippen molar-refractivity contribution in [2.45, 2.75) is 46.7 Å². The first-order chi connectivity index (χ1) is 7.39. The maximum Gasteiger partial charge on any atom is 0.0312 e. The fourth-order valence-corrected chi connectivity index (χ4v) is 1.73. The average Bonchev–Trinajstić information content (AvgIpc) is 2.16. The van der Waals surface area contributed by atoms with Crippen molar-refractivity contribution in [2.75, 3.05) is 6.54 Å². The summed E-state index contributed by atoms with van der Waals surface area (Å²) < 4.78 is 0. The molecule has 0 N–H and O–H groups in total. The van der Waals surface area contributed by atoms with Gasteiger partial charge in [0, 0.05) is 31.0 Å². The van der Waals surface area contributed by atoms with Gasteiger partial charge in [-0.1, -0.05) is 19.9 Å². The Bertz CT molecular complexity index is 298. The second kappa shape index (κ2) is 5.44. The van der Waals surface area contributed by atoms with E-state index in [0.717, 1.165) is 13.1 Å². The molecule has 1 aromatic rings. The number of pyridine rings is 1. The smallest absolute Gasteiger partial charge is 0.0312 e. The molecule has 0 radical (unpaired) electrons. The van der Waals surface area contributed by atoms with Crippen LogP contribution in [0.3, 0.4) is 0 Å². The first-order valence-corrected chi connectivity index (χ1v) is 6.03. The first kappa shape index (κ1) is 13.2. The van der Waals surface area contributed by atoms with Gasteiger partial charge in [-0.2, -0.15) is 0 Å². The van der Waals surface area contributed by atoms with Crippen LogP contribution >= 0.6 is 0 Å². The number of rotatable bonds is 4. The Hall–Kier alpha value is -0.890. The summed E-state index contributed by atoms with van der Waals surface area (Å²) in [4.78, 5) is 6.68. The predicted octanol–water partition coefficient (Wildman–Crippen LogP) is 3.34. The van der Waals surface area contributed by atoms with E-state index in [-0.39, 0.29) is 5.54 Å². The molecule has 2 heteroatoms. The van der Waals surface area contributed by atoms with Gasteiger partial charge in [-0.3, -0.25) is 9.88 Å². The van der Waals surface area contributed by atoms with Gasteiger partial charge in [-0.25, -0.2) is 0 Å². The Labute approximate surface area is 99.7 Å². The molecule has 0 saturated carbocycles. The van der Waals surface area contributed by atoms with E-state index in [1.165, 1.54) is 5.56 Å². The molecule has 0 aliphatic rings.